The molecule has 0 radical (unpaired) electrons. The van der Waals surface area contributed by atoms with Crippen LogP contribution in [0.25, 0.3) is 0 Å². The van der Waals surface area contributed by atoms with Gasteiger partial charge in [0.25, 0.3) is 0 Å². The maximum absolute atomic E-state index is 10.8. The van der Waals surface area contributed by atoms with Gasteiger partial charge in [0.2, 0.25) is 11.7 Å². The number of Topliss-reactive ketones (excluding diaryl/α,β-unsaturated/α-hetero) is 1. The largest absolute Gasteiger partial charge is 0.475 e. The van der Waals surface area contributed by atoms with Gasteiger partial charge in [-0.3, -0.25) is 9.59 Å². The lowest BCUT2D eigenvalue weighted by Gasteiger charge is -2.26. The molecule has 3 atom stereocenters. The number of nitrogens with one attached hydrogen (secondary N) is 1. The summed E-state index contributed by atoms with van der Waals surface area (Å²) in [5.41, 5.74) is 0. The standard InChI is InChI=1S/C9H15NO7/c1-4(12)10-8(7(15)3-11)5(13)2-6(14)9(16)17/h5,7-8,11,13,15H,2-3H2,1H3,(H,10,12)(H,16,17)/t5-,7-,8+/m0/s1. The molecule has 0 heterocycles. The predicted molar refractivity (Wildman–Crippen MR) is 54.0 cm³/mol. The van der Waals surface area contributed by atoms with E-state index < -0.39 is 48.9 Å². The lowest BCUT2D eigenvalue weighted by Crippen LogP contribution is -2.52. The molecule has 0 bridgehead atoms. The van der Waals surface area contributed by atoms with Gasteiger partial charge in [-0.1, -0.05) is 0 Å². The van der Waals surface area contributed by atoms with Gasteiger partial charge in [0.05, 0.1) is 24.9 Å². The summed E-state index contributed by atoms with van der Waals surface area (Å²) in [6.07, 6.45) is -3.85. The van der Waals surface area contributed by atoms with Crippen molar-refractivity contribution < 1.29 is 34.8 Å². The first-order valence-corrected chi connectivity index (χ1v) is 4.79. The van der Waals surface area contributed by atoms with Gasteiger partial charge in [0.1, 0.15) is 0 Å². The number of aliphatic hydroxyl groups excluding tert-OH is 3. The van der Waals surface area contributed by atoms with Gasteiger partial charge in [-0.25, -0.2) is 4.79 Å². The lowest BCUT2D eigenvalue weighted by atomic mass is 10.0. The van der Waals surface area contributed by atoms with E-state index in [9.17, 15) is 24.6 Å². The van der Waals surface area contributed by atoms with E-state index in [0.717, 1.165) is 6.92 Å². The molecule has 0 fully saturated rings. The number of carbonyl (C=O) groups is 3. The van der Waals surface area contributed by atoms with Gasteiger partial charge in [-0.2, -0.15) is 0 Å². The molecule has 0 aromatic rings. The second-order valence-corrected chi connectivity index (χ2v) is 3.48. The van der Waals surface area contributed by atoms with Crippen LogP contribution in [-0.2, 0) is 14.4 Å². The summed E-state index contributed by atoms with van der Waals surface area (Å²) in [6.45, 7) is 0.367. The van der Waals surface area contributed by atoms with Crippen LogP contribution in [0, 0.1) is 0 Å². The molecule has 0 rings (SSSR count). The molecular formula is C9H15NO7. The van der Waals surface area contributed by atoms with Gasteiger partial charge in [0, 0.05) is 13.3 Å². The van der Waals surface area contributed by atoms with Crippen molar-refractivity contribution in [1.82, 2.24) is 5.32 Å². The van der Waals surface area contributed by atoms with Crippen molar-refractivity contribution in [3.8, 4) is 0 Å². The van der Waals surface area contributed by atoms with Crippen LogP contribution in [0.2, 0.25) is 0 Å². The third-order valence-electron chi connectivity index (χ3n) is 2.02. The maximum Gasteiger partial charge on any atom is 0.372 e. The van der Waals surface area contributed by atoms with Crippen molar-refractivity contribution >= 4 is 17.7 Å². The number of rotatable bonds is 7. The highest BCUT2D eigenvalue weighted by Gasteiger charge is 2.30. The minimum absolute atomic E-state index is 0.593. The molecule has 0 aliphatic rings. The number of carboxylic acid groups (broad SMARTS) is 1. The van der Waals surface area contributed by atoms with Crippen molar-refractivity contribution in [3.63, 3.8) is 0 Å². The van der Waals surface area contributed by atoms with E-state index in [0.29, 0.717) is 0 Å². The fourth-order valence-electron chi connectivity index (χ4n) is 1.20. The van der Waals surface area contributed by atoms with Crippen LogP contribution in [0.1, 0.15) is 13.3 Å². The number of aliphatic carboxylic acids is 1. The summed E-state index contributed by atoms with van der Waals surface area (Å²) in [5, 5.41) is 38.0. The van der Waals surface area contributed by atoms with Crippen molar-refractivity contribution in [2.75, 3.05) is 6.61 Å². The number of ketones is 1. The Labute approximate surface area is 96.9 Å². The Bertz CT molecular complexity index is 304. The first-order chi connectivity index (χ1) is 7.79. The van der Waals surface area contributed by atoms with Crippen molar-refractivity contribution in [2.45, 2.75) is 31.6 Å². The molecule has 8 nitrogen and oxygen atoms in total. The Morgan fingerprint density at radius 3 is 2.06 bits per heavy atom. The molecule has 0 unspecified atom stereocenters. The topological polar surface area (TPSA) is 144 Å². The van der Waals surface area contributed by atoms with Crippen LogP contribution < -0.4 is 5.32 Å². The Morgan fingerprint density at radius 2 is 1.71 bits per heavy atom. The van der Waals surface area contributed by atoms with Gasteiger partial charge in [-0.15, -0.1) is 0 Å². The zero-order valence-corrected chi connectivity index (χ0v) is 9.16. The quantitative estimate of drug-likeness (QED) is 0.307. The summed E-state index contributed by atoms with van der Waals surface area (Å²) < 4.78 is 0. The average molecular weight is 249 g/mol. The molecule has 0 spiro atoms. The number of hydrogen-bond donors (Lipinski definition) is 5. The highest BCUT2D eigenvalue weighted by Crippen LogP contribution is 2.05. The second kappa shape index (κ2) is 6.94. The summed E-state index contributed by atoms with van der Waals surface area (Å²) in [6, 6.07) is -1.30. The third-order valence-corrected chi connectivity index (χ3v) is 2.02. The molecule has 0 saturated carbocycles. The average Bonchev–Trinajstić information content (AvgIpc) is 2.24. The Kier molecular flexibility index (Phi) is 6.33. The Morgan fingerprint density at radius 1 is 1.18 bits per heavy atom. The number of carbonyl (C=O) groups excluding carboxylic acids is 2. The first-order valence-electron chi connectivity index (χ1n) is 4.79. The minimum atomic E-state index is -1.72. The van der Waals surface area contributed by atoms with Crippen molar-refractivity contribution in [2.24, 2.45) is 0 Å². The van der Waals surface area contributed by atoms with E-state index in [2.05, 4.69) is 5.32 Å². The number of amides is 1. The molecule has 17 heavy (non-hydrogen) atoms. The molecule has 98 valence electrons. The molecule has 1 amide bonds. The predicted octanol–water partition coefficient (Wildman–Crippen LogP) is -2.75. The zero-order valence-electron chi connectivity index (χ0n) is 9.16. The molecule has 0 aromatic carbocycles. The number of carboxylic acids is 1. The van der Waals surface area contributed by atoms with Crippen molar-refractivity contribution in [3.05, 3.63) is 0 Å². The third kappa shape index (κ3) is 5.38. The van der Waals surface area contributed by atoms with Crippen molar-refractivity contribution in [1.29, 1.82) is 0 Å². The SMILES string of the molecule is CC(=O)N[C@@H]([C@@H](O)CO)[C@@H](O)CC(=O)C(=O)O. The summed E-state index contributed by atoms with van der Waals surface area (Å²) in [4.78, 5) is 31.9. The Balaban J connectivity index is 4.62. The summed E-state index contributed by atoms with van der Waals surface area (Å²) in [7, 11) is 0. The highest BCUT2D eigenvalue weighted by atomic mass is 16.4. The molecule has 0 aromatic heterocycles. The van der Waals surface area contributed by atoms with Crippen LogP contribution in [0.4, 0.5) is 0 Å². The Hall–Kier alpha value is -1.51. The molecule has 0 aliphatic heterocycles. The lowest BCUT2D eigenvalue weighted by molar-refractivity contribution is -0.150. The van der Waals surface area contributed by atoms with Gasteiger partial charge < -0.3 is 25.7 Å². The van der Waals surface area contributed by atoms with Gasteiger partial charge >= 0.3 is 5.97 Å². The van der Waals surface area contributed by atoms with E-state index in [1.54, 1.807) is 0 Å². The molecule has 0 aliphatic carbocycles. The van der Waals surface area contributed by atoms with E-state index in [4.69, 9.17) is 10.2 Å². The fourth-order valence-corrected chi connectivity index (χ4v) is 1.20. The van der Waals surface area contributed by atoms with Gasteiger partial charge in [0.15, 0.2) is 0 Å². The minimum Gasteiger partial charge on any atom is -0.475 e. The van der Waals surface area contributed by atoms with E-state index >= 15 is 0 Å². The number of aliphatic hydroxyl groups is 3. The van der Waals surface area contributed by atoms with E-state index in [1.165, 1.54) is 0 Å². The smallest absolute Gasteiger partial charge is 0.372 e. The highest BCUT2D eigenvalue weighted by molar-refractivity contribution is 6.32. The molecular weight excluding hydrogens is 234 g/mol. The molecule has 8 heteroatoms. The summed E-state index contributed by atoms with van der Waals surface area (Å²) in [5.74, 6) is -3.56. The maximum atomic E-state index is 10.8. The van der Waals surface area contributed by atoms with Crippen LogP contribution in [0.15, 0.2) is 0 Å². The summed E-state index contributed by atoms with van der Waals surface area (Å²) >= 11 is 0. The monoisotopic (exact) mass is 249 g/mol. The van der Waals surface area contributed by atoms with Crippen LogP contribution in [0.5, 0.6) is 0 Å². The van der Waals surface area contributed by atoms with Crippen LogP contribution in [0.3, 0.4) is 0 Å². The van der Waals surface area contributed by atoms with Crippen LogP contribution >= 0.6 is 0 Å². The first kappa shape index (κ1) is 15.5. The van der Waals surface area contributed by atoms with E-state index in [1.807, 2.05) is 0 Å². The van der Waals surface area contributed by atoms with Gasteiger partial charge in [-0.05, 0) is 0 Å². The normalized spacial score (nSPS) is 15.8. The van der Waals surface area contributed by atoms with E-state index in [-0.39, 0.29) is 0 Å². The second-order valence-electron chi connectivity index (χ2n) is 3.48. The van der Waals surface area contributed by atoms with Crippen LogP contribution in [-0.4, -0.2) is 62.9 Å². The number of hydrogen-bond acceptors (Lipinski definition) is 6. The molecule has 0 saturated heterocycles. The zero-order chi connectivity index (χ0) is 13.6. The molecule has 5 N–H and O–H groups in total. The fraction of sp³-hybridized carbons (Fsp3) is 0.667.